The fraction of sp³-hybridized carbons (Fsp3) is 0.462. The molecule has 0 spiro atoms. The first kappa shape index (κ1) is 14.1. The molecule has 112 valence electrons. The van der Waals surface area contributed by atoms with Crippen LogP contribution in [0.5, 0.6) is 0 Å². The summed E-state index contributed by atoms with van der Waals surface area (Å²) in [6.45, 7) is 0. The predicted molar refractivity (Wildman–Crippen MR) is 78.8 cm³/mol. The molecule has 8 heteroatoms. The van der Waals surface area contributed by atoms with Crippen molar-refractivity contribution in [2.45, 2.75) is 25.0 Å². The molecule has 0 unspecified atom stereocenters. The van der Waals surface area contributed by atoms with Gasteiger partial charge in [-0.05, 0) is 12.8 Å². The number of nitrogens with one attached hydrogen (secondary N) is 2. The third kappa shape index (κ3) is 2.43. The first-order valence-electron chi connectivity index (χ1n) is 6.69. The maximum atomic E-state index is 12.4. The van der Waals surface area contributed by atoms with Crippen molar-refractivity contribution in [3.63, 3.8) is 0 Å². The van der Waals surface area contributed by atoms with Crippen LogP contribution in [0.1, 0.15) is 23.3 Å². The molecule has 2 aromatic rings. The molecule has 2 heterocycles. The number of anilines is 1. The monoisotopic (exact) mass is 309 g/mol. The quantitative estimate of drug-likeness (QED) is 0.890. The van der Waals surface area contributed by atoms with Gasteiger partial charge in [-0.15, -0.1) is 0 Å². The first-order chi connectivity index (χ1) is 10.1. The number of carbonyl (C=O) groups is 1. The maximum Gasteiger partial charge on any atom is 0.271 e. The minimum Gasteiger partial charge on any atom is -0.385 e. The van der Waals surface area contributed by atoms with Crippen LogP contribution >= 0.6 is 11.6 Å². The molecule has 1 fully saturated rings. The zero-order valence-electron chi connectivity index (χ0n) is 11.8. The number of hydrogen-bond donors (Lipinski definition) is 2. The number of ether oxygens (including phenoxy) is 1. The number of hydrogen-bond acceptors (Lipinski definition) is 5. The van der Waals surface area contributed by atoms with E-state index in [1.54, 1.807) is 20.2 Å². The minimum absolute atomic E-state index is 0.0380. The van der Waals surface area contributed by atoms with E-state index in [9.17, 15) is 4.79 Å². The zero-order chi connectivity index (χ0) is 15.0. The number of halogens is 1. The van der Waals surface area contributed by atoms with Crippen LogP contribution in [-0.2, 0) is 4.74 Å². The van der Waals surface area contributed by atoms with Crippen LogP contribution in [0.25, 0.3) is 5.65 Å². The lowest BCUT2D eigenvalue weighted by Crippen LogP contribution is -2.51. The molecular weight excluding hydrogens is 294 g/mol. The van der Waals surface area contributed by atoms with E-state index < -0.39 is 0 Å². The molecule has 0 radical (unpaired) electrons. The van der Waals surface area contributed by atoms with Gasteiger partial charge in [0, 0.05) is 20.2 Å². The second-order valence-corrected chi connectivity index (χ2v) is 5.33. The standard InChI is InChI=1S/C13H16ClN5O2/c1-15-8-5-11(14)18-19-9(6-16-12(8)19)13(20)17-7-3-4-10(7)21-2/h5-7,10,15H,3-4H2,1-2H3,(H,17,20)/t7-,10-/m1/s1. The lowest BCUT2D eigenvalue weighted by atomic mass is 9.89. The number of fused-ring (bicyclic) bond motifs is 1. The Balaban J connectivity index is 1.90. The average molecular weight is 310 g/mol. The number of imidazole rings is 1. The van der Waals surface area contributed by atoms with Crippen molar-refractivity contribution in [1.29, 1.82) is 0 Å². The van der Waals surface area contributed by atoms with Crippen molar-refractivity contribution in [3.05, 3.63) is 23.1 Å². The molecule has 21 heavy (non-hydrogen) atoms. The molecule has 2 atom stereocenters. The van der Waals surface area contributed by atoms with Crippen molar-refractivity contribution in [2.24, 2.45) is 0 Å². The van der Waals surface area contributed by atoms with Crippen LogP contribution in [-0.4, -0.2) is 46.8 Å². The minimum atomic E-state index is -0.230. The molecule has 1 amide bonds. The predicted octanol–water partition coefficient (Wildman–Crippen LogP) is 1.33. The number of aromatic nitrogens is 3. The molecule has 1 aliphatic rings. The number of nitrogens with zero attached hydrogens (tertiary/aromatic N) is 3. The van der Waals surface area contributed by atoms with Crippen molar-refractivity contribution >= 4 is 28.8 Å². The molecule has 3 rings (SSSR count). The van der Waals surface area contributed by atoms with Crippen LogP contribution in [0, 0.1) is 0 Å². The van der Waals surface area contributed by atoms with E-state index in [0.29, 0.717) is 17.0 Å². The summed E-state index contributed by atoms with van der Waals surface area (Å²) >= 11 is 5.97. The van der Waals surface area contributed by atoms with E-state index in [0.717, 1.165) is 12.8 Å². The molecule has 1 saturated carbocycles. The highest BCUT2D eigenvalue weighted by Gasteiger charge is 2.32. The fourth-order valence-electron chi connectivity index (χ4n) is 2.44. The molecule has 7 nitrogen and oxygen atoms in total. The summed E-state index contributed by atoms with van der Waals surface area (Å²) in [6, 6.07) is 1.70. The molecule has 0 bridgehead atoms. The van der Waals surface area contributed by atoms with E-state index >= 15 is 0 Å². The lowest BCUT2D eigenvalue weighted by molar-refractivity contribution is 0.00717. The second kappa shape index (κ2) is 5.50. The van der Waals surface area contributed by atoms with Gasteiger partial charge < -0.3 is 15.4 Å². The number of methoxy groups -OCH3 is 1. The van der Waals surface area contributed by atoms with Gasteiger partial charge in [0.2, 0.25) is 0 Å². The van der Waals surface area contributed by atoms with Gasteiger partial charge in [0.1, 0.15) is 0 Å². The van der Waals surface area contributed by atoms with E-state index in [2.05, 4.69) is 20.7 Å². The second-order valence-electron chi connectivity index (χ2n) is 4.94. The van der Waals surface area contributed by atoms with E-state index in [1.165, 1.54) is 10.7 Å². The van der Waals surface area contributed by atoms with Crippen LogP contribution in [0.15, 0.2) is 12.3 Å². The molecular formula is C13H16ClN5O2. The van der Waals surface area contributed by atoms with Crippen molar-refractivity contribution in [3.8, 4) is 0 Å². The summed E-state index contributed by atoms with van der Waals surface area (Å²) < 4.78 is 6.72. The van der Waals surface area contributed by atoms with E-state index in [-0.39, 0.29) is 23.2 Å². The van der Waals surface area contributed by atoms with Gasteiger partial charge in [-0.25, -0.2) is 9.50 Å². The van der Waals surface area contributed by atoms with Crippen molar-refractivity contribution < 1.29 is 9.53 Å². The van der Waals surface area contributed by atoms with E-state index in [4.69, 9.17) is 16.3 Å². The highest BCUT2D eigenvalue weighted by Crippen LogP contribution is 2.24. The normalized spacial score (nSPS) is 21.1. The molecule has 1 aliphatic carbocycles. The van der Waals surface area contributed by atoms with Crippen LogP contribution in [0.2, 0.25) is 5.15 Å². The molecule has 0 saturated heterocycles. The van der Waals surface area contributed by atoms with Gasteiger partial charge in [0.15, 0.2) is 16.5 Å². The number of rotatable bonds is 4. The lowest BCUT2D eigenvalue weighted by Gasteiger charge is -2.35. The highest BCUT2D eigenvalue weighted by molar-refractivity contribution is 6.29. The summed E-state index contributed by atoms with van der Waals surface area (Å²) in [5, 5.41) is 10.4. The largest absolute Gasteiger partial charge is 0.385 e. The zero-order valence-corrected chi connectivity index (χ0v) is 12.5. The Bertz CT molecular complexity index is 684. The smallest absolute Gasteiger partial charge is 0.271 e. The Morgan fingerprint density at radius 1 is 1.52 bits per heavy atom. The van der Waals surface area contributed by atoms with E-state index in [1.807, 2.05) is 0 Å². The first-order valence-corrected chi connectivity index (χ1v) is 7.07. The van der Waals surface area contributed by atoms with Crippen LogP contribution in [0.4, 0.5) is 5.69 Å². The summed E-state index contributed by atoms with van der Waals surface area (Å²) in [5.74, 6) is -0.230. The fourth-order valence-corrected chi connectivity index (χ4v) is 2.62. The summed E-state index contributed by atoms with van der Waals surface area (Å²) in [6.07, 6.45) is 3.45. The van der Waals surface area contributed by atoms with Gasteiger partial charge in [0.05, 0.1) is 24.0 Å². The SMILES string of the molecule is CNc1cc(Cl)nn2c(C(=O)N[C@@H]3CC[C@H]3OC)cnc12. The van der Waals surface area contributed by atoms with Crippen molar-refractivity contribution in [2.75, 3.05) is 19.5 Å². The highest BCUT2D eigenvalue weighted by atomic mass is 35.5. The van der Waals surface area contributed by atoms with Gasteiger partial charge in [0.25, 0.3) is 5.91 Å². The van der Waals surface area contributed by atoms with Crippen molar-refractivity contribution in [1.82, 2.24) is 19.9 Å². The summed E-state index contributed by atoms with van der Waals surface area (Å²) in [4.78, 5) is 16.6. The van der Waals surface area contributed by atoms with Gasteiger partial charge in [-0.3, -0.25) is 4.79 Å². The summed E-state index contributed by atoms with van der Waals surface area (Å²) in [5.41, 5.74) is 1.63. The molecule has 2 N–H and O–H groups in total. The topological polar surface area (TPSA) is 80.6 Å². The van der Waals surface area contributed by atoms with Gasteiger partial charge >= 0.3 is 0 Å². The number of amides is 1. The maximum absolute atomic E-state index is 12.4. The number of carbonyl (C=O) groups excluding carboxylic acids is 1. The Morgan fingerprint density at radius 2 is 2.33 bits per heavy atom. The third-order valence-corrected chi connectivity index (χ3v) is 3.95. The van der Waals surface area contributed by atoms with Crippen LogP contribution in [0.3, 0.4) is 0 Å². The van der Waals surface area contributed by atoms with Crippen LogP contribution < -0.4 is 10.6 Å². The Kier molecular flexibility index (Phi) is 3.69. The summed E-state index contributed by atoms with van der Waals surface area (Å²) in [7, 11) is 3.41. The average Bonchev–Trinajstić information content (AvgIpc) is 2.86. The Hall–Kier alpha value is -1.86. The van der Waals surface area contributed by atoms with Gasteiger partial charge in [-0.1, -0.05) is 11.6 Å². The molecule has 0 aromatic carbocycles. The molecule has 2 aromatic heterocycles. The van der Waals surface area contributed by atoms with Gasteiger partial charge in [-0.2, -0.15) is 5.10 Å². The Morgan fingerprint density at radius 3 is 2.95 bits per heavy atom. The molecule has 0 aliphatic heterocycles. The Labute approximate surface area is 126 Å². The third-order valence-electron chi connectivity index (χ3n) is 3.77.